The van der Waals surface area contributed by atoms with Crippen LogP contribution in [-0.2, 0) is 6.42 Å². The van der Waals surface area contributed by atoms with E-state index >= 15 is 0 Å². The van der Waals surface area contributed by atoms with E-state index in [9.17, 15) is 4.79 Å². The zero-order valence-electron chi connectivity index (χ0n) is 14.0. The molecule has 0 saturated heterocycles. The fourth-order valence-electron chi connectivity index (χ4n) is 2.67. The summed E-state index contributed by atoms with van der Waals surface area (Å²) in [5.74, 6) is 0.184. The van der Waals surface area contributed by atoms with Gasteiger partial charge in [-0.25, -0.2) is 0 Å². The van der Waals surface area contributed by atoms with Crippen LogP contribution in [0.2, 0.25) is 0 Å². The molecular formula is C21H25BrO. The van der Waals surface area contributed by atoms with Gasteiger partial charge in [0.15, 0.2) is 5.78 Å². The maximum atomic E-state index is 12.4. The third kappa shape index (κ3) is 5.04. The molecule has 0 saturated carbocycles. The third-order valence-corrected chi connectivity index (χ3v) is 4.96. The molecule has 2 heteroatoms. The highest BCUT2D eigenvalue weighted by atomic mass is 79.9. The van der Waals surface area contributed by atoms with Crippen molar-refractivity contribution in [2.45, 2.75) is 50.8 Å². The number of carbonyl (C=O) groups excluding carboxylic acids is 1. The quantitative estimate of drug-likeness (QED) is 0.384. The first-order chi connectivity index (χ1) is 11.2. The van der Waals surface area contributed by atoms with E-state index in [0.717, 1.165) is 36.8 Å². The first-order valence-electron chi connectivity index (χ1n) is 8.53. The minimum Gasteiger partial charge on any atom is -0.293 e. The van der Waals surface area contributed by atoms with Crippen LogP contribution in [0, 0.1) is 0 Å². The van der Waals surface area contributed by atoms with Crippen LogP contribution in [0.15, 0.2) is 48.5 Å². The Morgan fingerprint density at radius 2 is 1.48 bits per heavy atom. The van der Waals surface area contributed by atoms with E-state index in [0.29, 0.717) is 0 Å². The van der Waals surface area contributed by atoms with E-state index in [4.69, 9.17) is 0 Å². The fraction of sp³-hybridized carbons (Fsp3) is 0.381. The molecule has 2 aromatic rings. The van der Waals surface area contributed by atoms with Crippen LogP contribution in [0.4, 0.5) is 0 Å². The highest BCUT2D eigenvalue weighted by Gasteiger charge is 2.16. The van der Waals surface area contributed by atoms with E-state index in [2.05, 4.69) is 54.0 Å². The van der Waals surface area contributed by atoms with Crippen molar-refractivity contribution >= 4 is 21.7 Å². The number of alkyl halides is 1. The summed E-state index contributed by atoms with van der Waals surface area (Å²) in [5, 5.41) is 0. The highest BCUT2D eigenvalue weighted by molar-refractivity contribution is 9.10. The summed E-state index contributed by atoms with van der Waals surface area (Å²) < 4.78 is 0. The van der Waals surface area contributed by atoms with E-state index in [-0.39, 0.29) is 10.6 Å². The summed E-state index contributed by atoms with van der Waals surface area (Å²) in [6.45, 7) is 4.34. The van der Waals surface area contributed by atoms with Crippen LogP contribution >= 0.6 is 15.9 Å². The minimum absolute atomic E-state index is 0.0679. The summed E-state index contributed by atoms with van der Waals surface area (Å²) in [6, 6.07) is 16.7. The molecule has 0 aliphatic carbocycles. The number of aryl methyl sites for hydroxylation is 1. The Morgan fingerprint density at radius 1 is 0.913 bits per heavy atom. The van der Waals surface area contributed by atoms with Crippen LogP contribution in [0.25, 0.3) is 11.1 Å². The molecule has 0 amide bonds. The standard InChI is InChI=1S/C21H25BrO/c1-3-5-7-20(22)21(23)19-14-12-18(13-15-19)17-10-8-16(6-4-2)9-11-17/h8-15,20H,3-7H2,1-2H3. The molecule has 0 radical (unpaired) electrons. The predicted octanol–water partition coefficient (Wildman–Crippen LogP) is 6.44. The first kappa shape index (κ1) is 17.9. The van der Waals surface area contributed by atoms with Gasteiger partial charge in [0.1, 0.15) is 0 Å². The molecule has 1 atom stereocenters. The molecule has 23 heavy (non-hydrogen) atoms. The lowest BCUT2D eigenvalue weighted by Crippen LogP contribution is -2.13. The van der Waals surface area contributed by atoms with Crippen molar-refractivity contribution in [3.05, 3.63) is 59.7 Å². The highest BCUT2D eigenvalue weighted by Crippen LogP contribution is 2.23. The van der Waals surface area contributed by atoms with Gasteiger partial charge in [-0.1, -0.05) is 97.6 Å². The van der Waals surface area contributed by atoms with Crippen molar-refractivity contribution in [2.24, 2.45) is 0 Å². The number of ketones is 1. The zero-order valence-corrected chi connectivity index (χ0v) is 15.6. The topological polar surface area (TPSA) is 17.1 Å². The molecule has 0 aromatic heterocycles. The van der Waals surface area contributed by atoms with Crippen molar-refractivity contribution in [3.8, 4) is 11.1 Å². The molecule has 0 fully saturated rings. The molecule has 1 nitrogen and oxygen atoms in total. The largest absolute Gasteiger partial charge is 0.293 e. The van der Waals surface area contributed by atoms with Gasteiger partial charge < -0.3 is 0 Å². The second-order valence-corrected chi connectivity index (χ2v) is 7.10. The second-order valence-electron chi connectivity index (χ2n) is 6.00. The van der Waals surface area contributed by atoms with Gasteiger partial charge in [-0.2, -0.15) is 0 Å². The SMILES string of the molecule is CCCCC(Br)C(=O)c1ccc(-c2ccc(CCC)cc2)cc1. The Bertz CT molecular complexity index is 613. The summed E-state index contributed by atoms with van der Waals surface area (Å²) >= 11 is 3.52. The number of hydrogen-bond acceptors (Lipinski definition) is 1. The maximum absolute atomic E-state index is 12.4. The van der Waals surface area contributed by atoms with Crippen molar-refractivity contribution < 1.29 is 4.79 Å². The Kier molecular flexibility index (Phi) is 7.04. The third-order valence-electron chi connectivity index (χ3n) is 4.09. The molecule has 0 bridgehead atoms. The molecule has 2 rings (SSSR count). The lowest BCUT2D eigenvalue weighted by atomic mass is 9.99. The first-order valence-corrected chi connectivity index (χ1v) is 9.45. The van der Waals surface area contributed by atoms with Gasteiger partial charge in [-0.05, 0) is 29.5 Å². The summed E-state index contributed by atoms with van der Waals surface area (Å²) in [5.41, 5.74) is 4.52. The smallest absolute Gasteiger partial charge is 0.176 e. The van der Waals surface area contributed by atoms with Crippen molar-refractivity contribution in [2.75, 3.05) is 0 Å². The molecule has 0 spiro atoms. The predicted molar refractivity (Wildman–Crippen MR) is 102 cm³/mol. The molecule has 0 aliphatic heterocycles. The molecule has 0 heterocycles. The molecule has 1 unspecified atom stereocenters. The van der Waals surface area contributed by atoms with Crippen molar-refractivity contribution in [3.63, 3.8) is 0 Å². The number of halogens is 1. The maximum Gasteiger partial charge on any atom is 0.176 e. The molecule has 2 aromatic carbocycles. The molecule has 122 valence electrons. The number of carbonyl (C=O) groups is 1. The van der Waals surface area contributed by atoms with Gasteiger partial charge >= 0.3 is 0 Å². The number of hydrogen-bond donors (Lipinski definition) is 0. The number of benzene rings is 2. The van der Waals surface area contributed by atoms with E-state index in [1.807, 2.05) is 24.3 Å². The van der Waals surface area contributed by atoms with Gasteiger partial charge in [-0.3, -0.25) is 4.79 Å². The summed E-state index contributed by atoms with van der Waals surface area (Å²) in [7, 11) is 0. The van der Waals surface area contributed by atoms with Crippen molar-refractivity contribution in [1.29, 1.82) is 0 Å². The Balaban J connectivity index is 2.08. The van der Waals surface area contributed by atoms with Gasteiger partial charge in [0.2, 0.25) is 0 Å². The lowest BCUT2D eigenvalue weighted by molar-refractivity contribution is 0.0988. The molecule has 0 aliphatic rings. The molecular weight excluding hydrogens is 348 g/mol. The monoisotopic (exact) mass is 372 g/mol. The Hall–Kier alpha value is -1.41. The number of rotatable bonds is 8. The zero-order chi connectivity index (χ0) is 16.7. The van der Waals surface area contributed by atoms with Gasteiger partial charge in [-0.15, -0.1) is 0 Å². The van der Waals surface area contributed by atoms with Crippen LogP contribution in [0.1, 0.15) is 55.5 Å². The fourth-order valence-corrected chi connectivity index (χ4v) is 3.26. The van der Waals surface area contributed by atoms with E-state index in [1.165, 1.54) is 17.5 Å². The lowest BCUT2D eigenvalue weighted by Gasteiger charge is -2.09. The van der Waals surface area contributed by atoms with Gasteiger partial charge in [0.25, 0.3) is 0 Å². The van der Waals surface area contributed by atoms with Crippen LogP contribution in [0.5, 0.6) is 0 Å². The normalized spacial score (nSPS) is 12.1. The number of unbranched alkanes of at least 4 members (excludes halogenated alkanes) is 1. The second kappa shape index (κ2) is 9.02. The van der Waals surface area contributed by atoms with Crippen molar-refractivity contribution in [1.82, 2.24) is 0 Å². The summed E-state index contributed by atoms with van der Waals surface area (Å²) in [6.07, 6.45) is 5.38. The van der Waals surface area contributed by atoms with Crippen LogP contribution < -0.4 is 0 Å². The summed E-state index contributed by atoms with van der Waals surface area (Å²) in [4.78, 5) is 12.3. The van der Waals surface area contributed by atoms with E-state index < -0.39 is 0 Å². The number of Topliss-reactive ketones (excluding diaryl/α,β-unsaturated/α-hetero) is 1. The minimum atomic E-state index is -0.0679. The van der Waals surface area contributed by atoms with E-state index in [1.54, 1.807) is 0 Å². The average Bonchev–Trinajstić information content (AvgIpc) is 2.60. The van der Waals surface area contributed by atoms with Gasteiger partial charge in [0.05, 0.1) is 4.83 Å². The van der Waals surface area contributed by atoms with Crippen LogP contribution in [0.3, 0.4) is 0 Å². The molecule has 0 N–H and O–H groups in total. The Morgan fingerprint density at radius 3 is 2.00 bits per heavy atom. The average molecular weight is 373 g/mol. The Labute approximate surface area is 148 Å². The van der Waals surface area contributed by atoms with Gasteiger partial charge in [0, 0.05) is 5.56 Å². The van der Waals surface area contributed by atoms with Crippen LogP contribution in [-0.4, -0.2) is 10.6 Å².